The lowest BCUT2D eigenvalue weighted by Gasteiger charge is -2.07. The van der Waals surface area contributed by atoms with Crippen LogP contribution in [-0.2, 0) is 11.8 Å². The van der Waals surface area contributed by atoms with Crippen LogP contribution in [0, 0.1) is 6.92 Å². The van der Waals surface area contributed by atoms with Gasteiger partial charge in [0.25, 0.3) is 0 Å². The van der Waals surface area contributed by atoms with Gasteiger partial charge in [-0.15, -0.1) is 0 Å². The molecule has 1 N–H and O–H groups in total. The van der Waals surface area contributed by atoms with Crippen molar-refractivity contribution in [1.29, 1.82) is 0 Å². The van der Waals surface area contributed by atoms with Crippen molar-refractivity contribution in [1.82, 2.24) is 9.78 Å². The van der Waals surface area contributed by atoms with Gasteiger partial charge in [0.1, 0.15) is 0 Å². The van der Waals surface area contributed by atoms with E-state index in [0.29, 0.717) is 0 Å². The lowest BCUT2D eigenvalue weighted by molar-refractivity contribution is -0.137. The zero-order chi connectivity index (χ0) is 10.0. The molecule has 0 bridgehead atoms. The van der Waals surface area contributed by atoms with Gasteiger partial charge in [-0.05, 0) is 18.4 Å². The van der Waals surface area contributed by atoms with Crippen LogP contribution in [0.3, 0.4) is 0 Å². The normalized spacial score (nSPS) is 12.8. The van der Waals surface area contributed by atoms with Crippen molar-refractivity contribution < 1.29 is 9.90 Å². The quantitative estimate of drug-likeness (QED) is 0.766. The highest BCUT2D eigenvalue weighted by Crippen LogP contribution is 2.21. The SMILES string of the molecule is Cc1c(C(C)CC(=O)O)cnn1C. The van der Waals surface area contributed by atoms with E-state index < -0.39 is 5.97 Å². The fourth-order valence-electron chi connectivity index (χ4n) is 1.37. The Morgan fingerprint density at radius 3 is 2.77 bits per heavy atom. The minimum atomic E-state index is -0.768. The predicted octanol–water partition coefficient (Wildman–Crippen LogP) is 1.31. The largest absolute Gasteiger partial charge is 0.481 e. The van der Waals surface area contributed by atoms with Gasteiger partial charge in [0.05, 0.1) is 12.6 Å². The Bertz CT molecular complexity index is 317. The Labute approximate surface area is 77.2 Å². The Morgan fingerprint density at radius 1 is 1.77 bits per heavy atom. The topological polar surface area (TPSA) is 55.1 Å². The minimum Gasteiger partial charge on any atom is -0.481 e. The Hall–Kier alpha value is -1.32. The molecule has 0 saturated heterocycles. The third-order valence-electron chi connectivity index (χ3n) is 2.28. The van der Waals surface area contributed by atoms with Crippen LogP contribution in [0.4, 0.5) is 0 Å². The number of aliphatic carboxylic acids is 1. The number of carboxylic acids is 1. The van der Waals surface area contributed by atoms with Gasteiger partial charge in [0, 0.05) is 12.7 Å². The number of aromatic nitrogens is 2. The molecule has 4 nitrogen and oxygen atoms in total. The lowest BCUT2D eigenvalue weighted by Crippen LogP contribution is -2.04. The molecule has 1 aromatic heterocycles. The summed E-state index contributed by atoms with van der Waals surface area (Å²) in [6.45, 7) is 3.85. The van der Waals surface area contributed by atoms with E-state index in [2.05, 4.69) is 5.10 Å². The zero-order valence-electron chi connectivity index (χ0n) is 8.11. The highest BCUT2D eigenvalue weighted by Gasteiger charge is 2.14. The van der Waals surface area contributed by atoms with E-state index in [-0.39, 0.29) is 12.3 Å². The van der Waals surface area contributed by atoms with E-state index in [0.717, 1.165) is 11.3 Å². The maximum Gasteiger partial charge on any atom is 0.303 e. The third-order valence-corrected chi connectivity index (χ3v) is 2.28. The molecule has 13 heavy (non-hydrogen) atoms. The second-order valence-electron chi connectivity index (χ2n) is 3.31. The molecule has 0 amide bonds. The summed E-state index contributed by atoms with van der Waals surface area (Å²) in [4.78, 5) is 10.5. The van der Waals surface area contributed by atoms with Crippen LogP contribution in [0.2, 0.25) is 0 Å². The van der Waals surface area contributed by atoms with E-state index in [1.54, 1.807) is 10.9 Å². The average Bonchev–Trinajstić information content (AvgIpc) is 2.31. The second kappa shape index (κ2) is 3.60. The molecule has 1 unspecified atom stereocenters. The number of carboxylic acid groups (broad SMARTS) is 1. The van der Waals surface area contributed by atoms with Crippen LogP contribution in [0.5, 0.6) is 0 Å². The first-order valence-corrected chi connectivity index (χ1v) is 4.22. The van der Waals surface area contributed by atoms with Crippen LogP contribution >= 0.6 is 0 Å². The van der Waals surface area contributed by atoms with E-state index in [4.69, 9.17) is 5.11 Å². The first-order chi connectivity index (χ1) is 6.02. The molecular weight excluding hydrogens is 168 g/mol. The van der Waals surface area contributed by atoms with Crippen LogP contribution in [0.25, 0.3) is 0 Å². The molecular formula is C9H14N2O2. The fraction of sp³-hybridized carbons (Fsp3) is 0.556. The standard InChI is InChI=1S/C9H14N2O2/c1-6(4-9(12)13)8-5-10-11(3)7(8)2/h5-6H,4H2,1-3H3,(H,12,13). The van der Waals surface area contributed by atoms with Crippen molar-refractivity contribution in [2.24, 2.45) is 7.05 Å². The van der Waals surface area contributed by atoms with Crippen molar-refractivity contribution in [2.45, 2.75) is 26.2 Å². The molecule has 4 heteroatoms. The van der Waals surface area contributed by atoms with Gasteiger partial charge in [0.2, 0.25) is 0 Å². The van der Waals surface area contributed by atoms with Crippen molar-refractivity contribution in [3.63, 3.8) is 0 Å². The smallest absolute Gasteiger partial charge is 0.303 e. The van der Waals surface area contributed by atoms with Gasteiger partial charge in [-0.1, -0.05) is 6.92 Å². The molecule has 1 rings (SSSR count). The number of rotatable bonds is 3. The van der Waals surface area contributed by atoms with Gasteiger partial charge in [-0.25, -0.2) is 0 Å². The summed E-state index contributed by atoms with van der Waals surface area (Å²) in [7, 11) is 1.85. The molecule has 0 aliphatic carbocycles. The first-order valence-electron chi connectivity index (χ1n) is 4.22. The summed E-state index contributed by atoms with van der Waals surface area (Å²) in [5.41, 5.74) is 2.05. The van der Waals surface area contributed by atoms with E-state index in [9.17, 15) is 4.79 Å². The number of nitrogens with zero attached hydrogens (tertiary/aromatic N) is 2. The summed E-state index contributed by atoms with van der Waals surface area (Å²) in [6, 6.07) is 0. The molecule has 0 aliphatic heterocycles. The molecule has 1 aromatic rings. The second-order valence-corrected chi connectivity index (χ2v) is 3.31. The van der Waals surface area contributed by atoms with Crippen LogP contribution in [0.15, 0.2) is 6.20 Å². The average molecular weight is 182 g/mol. The monoisotopic (exact) mass is 182 g/mol. The summed E-state index contributed by atoms with van der Waals surface area (Å²) >= 11 is 0. The third kappa shape index (κ3) is 2.08. The molecule has 0 spiro atoms. The highest BCUT2D eigenvalue weighted by atomic mass is 16.4. The molecule has 0 aliphatic rings. The summed E-state index contributed by atoms with van der Waals surface area (Å²) in [5, 5.41) is 12.7. The van der Waals surface area contributed by atoms with E-state index in [1.807, 2.05) is 20.9 Å². The number of carbonyl (C=O) groups is 1. The molecule has 1 atom stereocenters. The van der Waals surface area contributed by atoms with Gasteiger partial charge in [-0.2, -0.15) is 5.10 Å². The highest BCUT2D eigenvalue weighted by molar-refractivity contribution is 5.68. The Kier molecular flexibility index (Phi) is 2.70. The van der Waals surface area contributed by atoms with Crippen molar-refractivity contribution in [2.75, 3.05) is 0 Å². The van der Waals surface area contributed by atoms with Crippen LogP contribution in [0.1, 0.15) is 30.5 Å². The van der Waals surface area contributed by atoms with Gasteiger partial charge < -0.3 is 5.11 Å². The molecule has 1 heterocycles. The zero-order valence-corrected chi connectivity index (χ0v) is 8.11. The molecule has 0 aromatic carbocycles. The van der Waals surface area contributed by atoms with E-state index in [1.165, 1.54) is 0 Å². The van der Waals surface area contributed by atoms with Crippen molar-refractivity contribution in [3.05, 3.63) is 17.5 Å². The first kappa shape index (κ1) is 9.77. The molecule has 0 fully saturated rings. The number of hydrogen-bond donors (Lipinski definition) is 1. The Morgan fingerprint density at radius 2 is 2.38 bits per heavy atom. The fourth-order valence-corrected chi connectivity index (χ4v) is 1.37. The maximum absolute atomic E-state index is 10.5. The van der Waals surface area contributed by atoms with Crippen LogP contribution < -0.4 is 0 Å². The molecule has 0 radical (unpaired) electrons. The molecule has 0 saturated carbocycles. The van der Waals surface area contributed by atoms with Gasteiger partial charge in [0.15, 0.2) is 0 Å². The number of aryl methyl sites for hydroxylation is 1. The van der Waals surface area contributed by atoms with Gasteiger partial charge in [-0.3, -0.25) is 9.48 Å². The minimum absolute atomic E-state index is 0.0335. The van der Waals surface area contributed by atoms with Crippen molar-refractivity contribution >= 4 is 5.97 Å². The van der Waals surface area contributed by atoms with Crippen molar-refractivity contribution in [3.8, 4) is 0 Å². The summed E-state index contributed by atoms with van der Waals surface area (Å²) in [6.07, 6.45) is 1.90. The van der Waals surface area contributed by atoms with Gasteiger partial charge >= 0.3 is 5.97 Å². The summed E-state index contributed by atoms with van der Waals surface area (Å²) < 4.78 is 1.76. The van der Waals surface area contributed by atoms with Crippen LogP contribution in [-0.4, -0.2) is 20.9 Å². The Balaban J connectivity index is 2.82. The predicted molar refractivity (Wildman–Crippen MR) is 48.6 cm³/mol. The maximum atomic E-state index is 10.5. The number of hydrogen-bond acceptors (Lipinski definition) is 2. The lowest BCUT2D eigenvalue weighted by atomic mass is 9.99. The van der Waals surface area contributed by atoms with E-state index >= 15 is 0 Å². The molecule has 72 valence electrons. The summed E-state index contributed by atoms with van der Waals surface area (Å²) in [5.74, 6) is -0.734.